The minimum atomic E-state index is 0.296. The third-order valence-corrected chi connectivity index (χ3v) is 1.43. The Labute approximate surface area is 83.8 Å². The number of aldehydes is 1. The largest absolute Gasteiger partial charge is 0.390 e. The van der Waals surface area contributed by atoms with Gasteiger partial charge in [-0.1, -0.05) is 13.8 Å². The molecular formula is C9H16N4O. The summed E-state index contributed by atoms with van der Waals surface area (Å²) in [6, 6.07) is 0. The van der Waals surface area contributed by atoms with Crippen LogP contribution in [-0.2, 0) is 0 Å². The maximum atomic E-state index is 10.4. The minimum Gasteiger partial charge on any atom is -0.390 e. The van der Waals surface area contributed by atoms with Gasteiger partial charge in [0, 0.05) is 18.9 Å². The number of allylic oxidation sites excluding steroid dienone is 1. The van der Waals surface area contributed by atoms with E-state index in [0.717, 1.165) is 5.70 Å². The topological polar surface area (TPSA) is 59.8 Å². The molecule has 1 heterocycles. The van der Waals surface area contributed by atoms with Crippen molar-refractivity contribution in [2.75, 3.05) is 7.05 Å². The summed E-state index contributed by atoms with van der Waals surface area (Å²) in [5.74, 6) is 0.296. The van der Waals surface area contributed by atoms with Crippen molar-refractivity contribution in [3.8, 4) is 0 Å². The maximum Gasteiger partial charge on any atom is 0.200 e. The van der Waals surface area contributed by atoms with E-state index in [9.17, 15) is 4.79 Å². The number of nitrogens with one attached hydrogen (secondary N) is 1. The summed E-state index contributed by atoms with van der Waals surface area (Å²) in [6.07, 6.45) is 3.88. The number of carbonyl (C=O) groups is 1. The predicted octanol–water partition coefficient (Wildman–Crippen LogP) is 1.15. The standard InChI is InChI=1S/C7H10N4O.C2H6/c1-6(8-2)3-11-5-9-10-7(11)4-12;1-2/h3-5,8H,1-2H3;1-2H3/b6-3-;. The highest BCUT2D eigenvalue weighted by Crippen LogP contribution is 1.95. The van der Waals surface area contributed by atoms with E-state index in [0.29, 0.717) is 12.1 Å². The molecule has 0 atom stereocenters. The second-order valence-electron chi connectivity index (χ2n) is 2.28. The van der Waals surface area contributed by atoms with E-state index in [1.165, 1.54) is 6.33 Å². The first-order valence-electron chi connectivity index (χ1n) is 4.48. The highest BCUT2D eigenvalue weighted by Gasteiger charge is 1.98. The lowest BCUT2D eigenvalue weighted by Crippen LogP contribution is -2.04. The number of carbonyl (C=O) groups excluding carboxylic acids is 1. The molecular weight excluding hydrogens is 180 g/mol. The molecule has 1 aromatic rings. The summed E-state index contributed by atoms with van der Waals surface area (Å²) in [5, 5.41) is 10.1. The Hall–Kier alpha value is -1.65. The number of rotatable bonds is 3. The molecule has 14 heavy (non-hydrogen) atoms. The number of nitrogens with zero attached hydrogens (tertiary/aromatic N) is 3. The molecule has 1 rings (SSSR count). The molecule has 0 spiro atoms. The molecule has 0 aliphatic heterocycles. The molecule has 0 aromatic carbocycles. The Morgan fingerprint density at radius 3 is 2.71 bits per heavy atom. The maximum absolute atomic E-state index is 10.4. The summed E-state index contributed by atoms with van der Waals surface area (Å²) in [5.41, 5.74) is 0.929. The van der Waals surface area contributed by atoms with Crippen LogP contribution in [0, 0.1) is 0 Å². The third-order valence-electron chi connectivity index (χ3n) is 1.43. The zero-order valence-electron chi connectivity index (χ0n) is 8.98. The number of aromatic nitrogens is 3. The van der Waals surface area contributed by atoms with Crippen molar-refractivity contribution in [3.05, 3.63) is 17.8 Å². The van der Waals surface area contributed by atoms with Crippen LogP contribution in [0.1, 0.15) is 31.4 Å². The first-order chi connectivity index (χ1) is 6.77. The lowest BCUT2D eigenvalue weighted by molar-refractivity contribution is 0.111. The van der Waals surface area contributed by atoms with Crippen LogP contribution in [0.4, 0.5) is 0 Å². The van der Waals surface area contributed by atoms with Gasteiger partial charge in [0.25, 0.3) is 0 Å². The Kier molecular flexibility index (Phi) is 6.02. The van der Waals surface area contributed by atoms with Crippen molar-refractivity contribution in [3.63, 3.8) is 0 Å². The Morgan fingerprint density at radius 1 is 1.57 bits per heavy atom. The van der Waals surface area contributed by atoms with Gasteiger partial charge in [-0.3, -0.25) is 9.36 Å². The fraction of sp³-hybridized carbons (Fsp3) is 0.444. The molecule has 1 N–H and O–H groups in total. The van der Waals surface area contributed by atoms with E-state index in [1.54, 1.807) is 17.8 Å². The average Bonchev–Trinajstić information content (AvgIpc) is 2.68. The van der Waals surface area contributed by atoms with E-state index in [-0.39, 0.29) is 0 Å². The molecule has 0 aliphatic rings. The number of hydrogen-bond acceptors (Lipinski definition) is 4. The van der Waals surface area contributed by atoms with Gasteiger partial charge < -0.3 is 5.32 Å². The van der Waals surface area contributed by atoms with Gasteiger partial charge in [-0.25, -0.2) is 0 Å². The SMILES string of the molecule is CC.CN/C(C)=C\n1cnnc1C=O. The minimum absolute atomic E-state index is 0.296. The molecule has 0 unspecified atom stereocenters. The van der Waals surface area contributed by atoms with Crippen molar-refractivity contribution in [2.24, 2.45) is 0 Å². The van der Waals surface area contributed by atoms with Gasteiger partial charge >= 0.3 is 0 Å². The average molecular weight is 196 g/mol. The molecule has 0 fully saturated rings. The molecule has 0 saturated heterocycles. The third kappa shape index (κ3) is 3.38. The van der Waals surface area contributed by atoms with E-state index in [4.69, 9.17) is 0 Å². The lowest BCUT2D eigenvalue weighted by atomic mass is 10.5. The van der Waals surface area contributed by atoms with E-state index in [2.05, 4.69) is 15.5 Å². The summed E-state index contributed by atoms with van der Waals surface area (Å²) in [7, 11) is 1.80. The second kappa shape index (κ2) is 6.82. The van der Waals surface area contributed by atoms with Crippen molar-refractivity contribution in [2.45, 2.75) is 20.8 Å². The zero-order chi connectivity index (χ0) is 11.0. The van der Waals surface area contributed by atoms with Crippen LogP contribution < -0.4 is 5.32 Å². The summed E-state index contributed by atoms with van der Waals surface area (Å²) in [4.78, 5) is 10.4. The van der Waals surface area contributed by atoms with Gasteiger partial charge in [-0.05, 0) is 6.92 Å². The molecule has 5 heteroatoms. The first-order valence-corrected chi connectivity index (χ1v) is 4.48. The van der Waals surface area contributed by atoms with Gasteiger partial charge in [0.2, 0.25) is 5.82 Å². The van der Waals surface area contributed by atoms with Gasteiger partial charge in [0.15, 0.2) is 6.29 Å². The molecule has 0 radical (unpaired) electrons. The van der Waals surface area contributed by atoms with Gasteiger partial charge in [0.05, 0.1) is 0 Å². The molecule has 78 valence electrons. The lowest BCUT2D eigenvalue weighted by Gasteiger charge is -1.98. The van der Waals surface area contributed by atoms with Gasteiger partial charge in [-0.15, -0.1) is 10.2 Å². The van der Waals surface area contributed by atoms with Crippen LogP contribution in [0.3, 0.4) is 0 Å². The van der Waals surface area contributed by atoms with Crippen molar-refractivity contribution in [1.29, 1.82) is 0 Å². The van der Waals surface area contributed by atoms with Crippen LogP contribution in [-0.4, -0.2) is 28.1 Å². The van der Waals surface area contributed by atoms with Crippen LogP contribution in [0.25, 0.3) is 6.20 Å². The van der Waals surface area contributed by atoms with Crippen molar-refractivity contribution in [1.82, 2.24) is 20.1 Å². The fourth-order valence-corrected chi connectivity index (χ4v) is 0.708. The van der Waals surface area contributed by atoms with Crippen LogP contribution in [0.15, 0.2) is 12.0 Å². The molecule has 0 amide bonds. The molecule has 1 aromatic heterocycles. The Morgan fingerprint density at radius 2 is 2.21 bits per heavy atom. The van der Waals surface area contributed by atoms with Crippen molar-refractivity contribution < 1.29 is 4.79 Å². The summed E-state index contributed by atoms with van der Waals surface area (Å²) in [6.45, 7) is 5.88. The first kappa shape index (κ1) is 12.3. The predicted molar refractivity (Wildman–Crippen MR) is 55.8 cm³/mol. The second-order valence-corrected chi connectivity index (χ2v) is 2.28. The van der Waals surface area contributed by atoms with Crippen molar-refractivity contribution >= 4 is 12.5 Å². The fourth-order valence-electron chi connectivity index (χ4n) is 0.708. The van der Waals surface area contributed by atoms with Gasteiger partial charge in [0.1, 0.15) is 6.33 Å². The highest BCUT2D eigenvalue weighted by atomic mass is 16.1. The van der Waals surface area contributed by atoms with Crippen LogP contribution >= 0.6 is 0 Å². The monoisotopic (exact) mass is 196 g/mol. The van der Waals surface area contributed by atoms with E-state index < -0.39 is 0 Å². The molecule has 0 aliphatic carbocycles. The summed E-state index contributed by atoms with van der Waals surface area (Å²) < 4.78 is 1.55. The quantitative estimate of drug-likeness (QED) is 0.737. The van der Waals surface area contributed by atoms with Crippen LogP contribution in [0.2, 0.25) is 0 Å². The number of hydrogen-bond donors (Lipinski definition) is 1. The molecule has 0 saturated carbocycles. The Balaban J connectivity index is 0.000000791. The summed E-state index contributed by atoms with van der Waals surface area (Å²) >= 11 is 0. The zero-order valence-corrected chi connectivity index (χ0v) is 8.98. The molecule has 0 bridgehead atoms. The van der Waals surface area contributed by atoms with Gasteiger partial charge in [-0.2, -0.15) is 0 Å². The van der Waals surface area contributed by atoms with Crippen LogP contribution in [0.5, 0.6) is 0 Å². The van der Waals surface area contributed by atoms with E-state index >= 15 is 0 Å². The van der Waals surface area contributed by atoms with E-state index in [1.807, 2.05) is 20.8 Å². The smallest absolute Gasteiger partial charge is 0.200 e. The highest BCUT2D eigenvalue weighted by molar-refractivity contribution is 5.70. The Bertz CT molecular complexity index is 304. The molecule has 5 nitrogen and oxygen atoms in total. The normalized spacial score (nSPS) is 10.1.